The SMILES string of the molecule is O=C(CC1COCCN1Cc1nc2ccccc2o1)c1cccs1. The molecule has 0 saturated carbocycles. The summed E-state index contributed by atoms with van der Waals surface area (Å²) in [5.41, 5.74) is 1.67. The number of ketones is 1. The Bertz CT molecular complexity index is 795. The van der Waals surface area contributed by atoms with Crippen LogP contribution in [0.2, 0.25) is 0 Å². The number of aromatic nitrogens is 1. The molecule has 1 unspecified atom stereocenters. The summed E-state index contributed by atoms with van der Waals surface area (Å²) in [6.07, 6.45) is 0.459. The minimum atomic E-state index is 0.0587. The quantitative estimate of drug-likeness (QED) is 0.666. The van der Waals surface area contributed by atoms with E-state index in [2.05, 4.69) is 9.88 Å². The van der Waals surface area contributed by atoms with Crippen molar-refractivity contribution in [2.75, 3.05) is 19.8 Å². The number of hydrogen-bond donors (Lipinski definition) is 0. The Balaban J connectivity index is 1.48. The van der Waals surface area contributed by atoms with Gasteiger partial charge >= 0.3 is 0 Å². The molecule has 3 heterocycles. The molecular weight excluding hydrogens is 324 g/mol. The van der Waals surface area contributed by atoms with Gasteiger partial charge < -0.3 is 9.15 Å². The molecule has 2 aromatic heterocycles. The van der Waals surface area contributed by atoms with Crippen LogP contribution in [0.15, 0.2) is 46.2 Å². The monoisotopic (exact) mass is 342 g/mol. The Hall–Kier alpha value is -2.02. The van der Waals surface area contributed by atoms with E-state index in [9.17, 15) is 4.79 Å². The maximum absolute atomic E-state index is 12.4. The molecule has 0 aliphatic carbocycles. The van der Waals surface area contributed by atoms with Crippen LogP contribution in [0, 0.1) is 0 Å². The zero-order chi connectivity index (χ0) is 16.4. The van der Waals surface area contributed by atoms with Gasteiger partial charge in [0.25, 0.3) is 0 Å². The number of benzene rings is 1. The number of Topliss-reactive ketones (excluding diaryl/α,β-unsaturated/α-hetero) is 1. The highest BCUT2D eigenvalue weighted by Gasteiger charge is 2.27. The zero-order valence-corrected chi connectivity index (χ0v) is 14.0. The maximum atomic E-state index is 12.4. The first kappa shape index (κ1) is 15.5. The third-order valence-corrected chi connectivity index (χ3v) is 5.15. The van der Waals surface area contributed by atoms with Crippen molar-refractivity contribution in [3.05, 3.63) is 52.5 Å². The summed E-state index contributed by atoms with van der Waals surface area (Å²) >= 11 is 1.49. The van der Waals surface area contributed by atoms with Gasteiger partial charge in [0.1, 0.15) is 5.52 Å². The highest BCUT2D eigenvalue weighted by atomic mass is 32.1. The van der Waals surface area contributed by atoms with Crippen LogP contribution in [0.4, 0.5) is 0 Å². The summed E-state index contributed by atoms with van der Waals surface area (Å²) < 4.78 is 11.4. The molecule has 0 amide bonds. The molecule has 1 saturated heterocycles. The van der Waals surface area contributed by atoms with Gasteiger partial charge in [0, 0.05) is 19.0 Å². The Morgan fingerprint density at radius 2 is 2.21 bits per heavy atom. The van der Waals surface area contributed by atoms with Crippen LogP contribution in [-0.4, -0.2) is 41.5 Å². The van der Waals surface area contributed by atoms with E-state index in [1.54, 1.807) is 0 Å². The van der Waals surface area contributed by atoms with E-state index < -0.39 is 0 Å². The Kier molecular flexibility index (Phi) is 4.42. The topological polar surface area (TPSA) is 55.6 Å². The third-order valence-electron chi connectivity index (χ3n) is 4.24. The first-order valence-corrected chi connectivity index (χ1v) is 8.90. The van der Waals surface area contributed by atoms with Gasteiger partial charge in [-0.3, -0.25) is 9.69 Å². The normalized spacial score (nSPS) is 18.9. The second-order valence-corrected chi connectivity index (χ2v) is 6.83. The van der Waals surface area contributed by atoms with Gasteiger partial charge in [0.05, 0.1) is 24.6 Å². The number of ether oxygens (including phenoxy) is 1. The molecule has 3 aromatic rings. The Labute approximate surface area is 143 Å². The van der Waals surface area contributed by atoms with E-state index >= 15 is 0 Å². The standard InChI is InChI=1S/C18H18N2O3S/c21-15(17-6-3-9-24-17)10-13-12-22-8-7-20(13)11-18-19-14-4-1-2-5-16(14)23-18/h1-6,9,13H,7-8,10-12H2. The number of fused-ring (bicyclic) bond motifs is 1. The molecule has 1 atom stereocenters. The lowest BCUT2D eigenvalue weighted by Crippen LogP contribution is -2.45. The van der Waals surface area contributed by atoms with Crippen molar-refractivity contribution in [2.24, 2.45) is 0 Å². The number of rotatable bonds is 5. The first-order chi connectivity index (χ1) is 11.8. The van der Waals surface area contributed by atoms with Crippen LogP contribution in [0.5, 0.6) is 0 Å². The number of morpholine rings is 1. The van der Waals surface area contributed by atoms with Crippen molar-refractivity contribution < 1.29 is 13.9 Å². The van der Waals surface area contributed by atoms with Crippen molar-refractivity contribution in [1.29, 1.82) is 0 Å². The van der Waals surface area contributed by atoms with E-state index in [1.165, 1.54) is 11.3 Å². The lowest BCUT2D eigenvalue weighted by atomic mass is 10.1. The Morgan fingerprint density at radius 3 is 3.04 bits per heavy atom. The van der Waals surface area contributed by atoms with Crippen LogP contribution in [0.1, 0.15) is 22.0 Å². The van der Waals surface area contributed by atoms with Gasteiger partial charge in [0.2, 0.25) is 5.89 Å². The molecule has 0 bridgehead atoms. The van der Waals surface area contributed by atoms with E-state index in [-0.39, 0.29) is 11.8 Å². The number of carbonyl (C=O) groups excluding carboxylic acids is 1. The fourth-order valence-corrected chi connectivity index (χ4v) is 3.67. The van der Waals surface area contributed by atoms with E-state index in [0.29, 0.717) is 32.1 Å². The lowest BCUT2D eigenvalue weighted by Gasteiger charge is -2.34. The summed E-state index contributed by atoms with van der Waals surface area (Å²) in [5.74, 6) is 0.856. The Morgan fingerprint density at radius 1 is 1.29 bits per heavy atom. The van der Waals surface area contributed by atoms with Crippen LogP contribution >= 0.6 is 11.3 Å². The van der Waals surface area contributed by atoms with Crippen LogP contribution in [0.25, 0.3) is 11.1 Å². The molecule has 0 spiro atoms. The van der Waals surface area contributed by atoms with Crippen molar-refractivity contribution in [1.82, 2.24) is 9.88 Å². The van der Waals surface area contributed by atoms with Crippen LogP contribution in [-0.2, 0) is 11.3 Å². The van der Waals surface area contributed by atoms with Crippen molar-refractivity contribution in [3.8, 4) is 0 Å². The largest absolute Gasteiger partial charge is 0.439 e. The number of nitrogens with zero attached hydrogens (tertiary/aromatic N) is 2. The maximum Gasteiger partial charge on any atom is 0.209 e. The van der Waals surface area contributed by atoms with E-state index in [4.69, 9.17) is 9.15 Å². The average molecular weight is 342 g/mol. The van der Waals surface area contributed by atoms with Crippen LogP contribution in [0.3, 0.4) is 0 Å². The fraction of sp³-hybridized carbons (Fsp3) is 0.333. The summed E-state index contributed by atoms with van der Waals surface area (Å²) in [4.78, 5) is 20.0. The minimum Gasteiger partial charge on any atom is -0.439 e. The predicted octanol–water partition coefficient (Wildman–Crippen LogP) is 3.36. The van der Waals surface area contributed by atoms with E-state index in [0.717, 1.165) is 22.5 Å². The second-order valence-electron chi connectivity index (χ2n) is 5.88. The van der Waals surface area contributed by atoms with E-state index in [1.807, 2.05) is 41.8 Å². The third kappa shape index (κ3) is 3.26. The molecule has 0 N–H and O–H groups in total. The molecule has 1 aliphatic heterocycles. The fourth-order valence-electron chi connectivity index (χ4n) is 3.00. The number of carbonyl (C=O) groups is 1. The molecule has 24 heavy (non-hydrogen) atoms. The molecule has 4 rings (SSSR count). The average Bonchev–Trinajstić information content (AvgIpc) is 3.25. The molecule has 1 aliphatic rings. The van der Waals surface area contributed by atoms with Gasteiger partial charge in [0.15, 0.2) is 11.4 Å². The van der Waals surface area contributed by atoms with Gasteiger partial charge in [-0.15, -0.1) is 11.3 Å². The van der Waals surface area contributed by atoms with Crippen molar-refractivity contribution in [2.45, 2.75) is 19.0 Å². The van der Waals surface area contributed by atoms with Gasteiger partial charge in [-0.2, -0.15) is 0 Å². The molecule has 1 aromatic carbocycles. The first-order valence-electron chi connectivity index (χ1n) is 8.02. The minimum absolute atomic E-state index is 0.0587. The zero-order valence-electron chi connectivity index (χ0n) is 13.2. The number of thiophene rings is 1. The summed E-state index contributed by atoms with van der Waals surface area (Å²) in [7, 11) is 0. The number of oxazole rings is 1. The molecule has 124 valence electrons. The number of para-hydroxylation sites is 2. The molecule has 1 fully saturated rings. The van der Waals surface area contributed by atoms with Crippen molar-refractivity contribution >= 4 is 28.2 Å². The smallest absolute Gasteiger partial charge is 0.209 e. The lowest BCUT2D eigenvalue weighted by molar-refractivity contribution is -0.0156. The molecule has 5 nitrogen and oxygen atoms in total. The second kappa shape index (κ2) is 6.84. The van der Waals surface area contributed by atoms with Gasteiger partial charge in [-0.1, -0.05) is 18.2 Å². The summed E-state index contributed by atoms with van der Waals surface area (Å²) in [6, 6.07) is 11.6. The molecule has 0 radical (unpaired) electrons. The highest BCUT2D eigenvalue weighted by Crippen LogP contribution is 2.21. The van der Waals surface area contributed by atoms with Gasteiger partial charge in [-0.05, 0) is 23.6 Å². The molecule has 6 heteroatoms. The van der Waals surface area contributed by atoms with Crippen LogP contribution < -0.4 is 0 Å². The highest BCUT2D eigenvalue weighted by molar-refractivity contribution is 7.12. The number of hydrogen-bond acceptors (Lipinski definition) is 6. The predicted molar refractivity (Wildman–Crippen MR) is 92.3 cm³/mol. The summed E-state index contributed by atoms with van der Waals surface area (Å²) in [6.45, 7) is 2.61. The van der Waals surface area contributed by atoms with Crippen molar-refractivity contribution in [3.63, 3.8) is 0 Å². The van der Waals surface area contributed by atoms with Gasteiger partial charge in [-0.25, -0.2) is 4.98 Å². The molecular formula is C18H18N2O3S. The summed E-state index contributed by atoms with van der Waals surface area (Å²) in [5, 5.41) is 1.93.